The Morgan fingerprint density at radius 3 is 2.63 bits per heavy atom. The number of carbonyl (C=O) groups is 1. The first-order valence-corrected chi connectivity index (χ1v) is 10.3. The highest BCUT2D eigenvalue weighted by molar-refractivity contribution is 5.96. The molecule has 30 heavy (non-hydrogen) atoms. The third-order valence-electron chi connectivity index (χ3n) is 5.33. The molecule has 1 fully saturated rings. The number of rotatable bonds is 8. The Morgan fingerprint density at radius 1 is 1.13 bits per heavy atom. The van der Waals surface area contributed by atoms with Gasteiger partial charge in [-0.25, -0.2) is 9.37 Å². The third-order valence-corrected chi connectivity index (χ3v) is 5.33. The van der Waals surface area contributed by atoms with Gasteiger partial charge in [0, 0.05) is 37.8 Å². The summed E-state index contributed by atoms with van der Waals surface area (Å²) >= 11 is 0. The first kappa shape index (κ1) is 20.5. The largest absolute Gasteiger partial charge is 0.351 e. The standard InChI is InChI=1S/C23H26FN3O3/c1-3-29-22(30-4-2)15-27-20-11-6-5-10-19(20)25-23(27)16-12-21(28)26(14-16)18-9-7-8-17(24)13-18/h5-11,13,16,22H,3-4,12,14-15H2,1-2H3. The zero-order valence-corrected chi connectivity index (χ0v) is 17.3. The number of imidazole rings is 1. The lowest BCUT2D eigenvalue weighted by Crippen LogP contribution is -2.26. The topological polar surface area (TPSA) is 56.6 Å². The second kappa shape index (κ2) is 8.93. The Morgan fingerprint density at radius 2 is 1.90 bits per heavy atom. The van der Waals surface area contributed by atoms with Crippen molar-refractivity contribution in [3.63, 3.8) is 0 Å². The minimum Gasteiger partial charge on any atom is -0.351 e. The first-order chi connectivity index (χ1) is 14.6. The first-order valence-electron chi connectivity index (χ1n) is 10.3. The molecule has 0 bridgehead atoms. The van der Waals surface area contributed by atoms with E-state index in [1.807, 2.05) is 38.1 Å². The molecule has 1 aliphatic heterocycles. The Bertz CT molecular complexity index is 1030. The molecule has 0 radical (unpaired) electrons. The van der Waals surface area contributed by atoms with Gasteiger partial charge in [-0.2, -0.15) is 0 Å². The lowest BCUT2D eigenvalue weighted by Gasteiger charge is -2.21. The summed E-state index contributed by atoms with van der Waals surface area (Å²) in [4.78, 5) is 19.2. The highest BCUT2D eigenvalue weighted by Crippen LogP contribution is 2.33. The van der Waals surface area contributed by atoms with E-state index >= 15 is 0 Å². The van der Waals surface area contributed by atoms with Crippen LogP contribution in [0.2, 0.25) is 0 Å². The molecule has 3 aromatic rings. The van der Waals surface area contributed by atoms with Crippen LogP contribution in [0.5, 0.6) is 0 Å². The second-order valence-corrected chi connectivity index (χ2v) is 7.29. The summed E-state index contributed by atoms with van der Waals surface area (Å²) in [7, 11) is 0. The molecule has 2 heterocycles. The summed E-state index contributed by atoms with van der Waals surface area (Å²) < 4.78 is 27.3. The number of nitrogens with zero attached hydrogens (tertiary/aromatic N) is 3. The van der Waals surface area contributed by atoms with Gasteiger partial charge in [0.05, 0.1) is 17.6 Å². The van der Waals surface area contributed by atoms with Crippen molar-refractivity contribution in [3.05, 3.63) is 60.2 Å². The number of halogens is 1. The van der Waals surface area contributed by atoms with E-state index in [1.165, 1.54) is 12.1 Å². The number of carbonyl (C=O) groups excluding carboxylic acids is 1. The predicted octanol–water partition coefficient (Wildman–Crippen LogP) is 4.10. The van der Waals surface area contributed by atoms with Gasteiger partial charge >= 0.3 is 0 Å². The van der Waals surface area contributed by atoms with Crippen molar-refractivity contribution < 1.29 is 18.7 Å². The van der Waals surface area contributed by atoms with E-state index in [-0.39, 0.29) is 17.6 Å². The molecule has 0 N–H and O–H groups in total. The maximum Gasteiger partial charge on any atom is 0.227 e. The number of hydrogen-bond acceptors (Lipinski definition) is 4. The zero-order chi connectivity index (χ0) is 21.1. The van der Waals surface area contributed by atoms with Crippen LogP contribution in [0.15, 0.2) is 48.5 Å². The van der Waals surface area contributed by atoms with E-state index in [0.717, 1.165) is 16.9 Å². The molecule has 0 saturated carbocycles. The van der Waals surface area contributed by atoms with Crippen molar-refractivity contribution in [1.29, 1.82) is 0 Å². The van der Waals surface area contributed by atoms with Crippen molar-refractivity contribution in [2.75, 3.05) is 24.7 Å². The molecular formula is C23H26FN3O3. The Kier molecular flexibility index (Phi) is 6.11. The third kappa shape index (κ3) is 4.08. The van der Waals surface area contributed by atoms with Crippen LogP contribution in [0, 0.1) is 5.82 Å². The summed E-state index contributed by atoms with van der Waals surface area (Å²) in [5.41, 5.74) is 2.43. The van der Waals surface area contributed by atoms with Gasteiger partial charge in [0.1, 0.15) is 11.6 Å². The average Bonchev–Trinajstić information content (AvgIpc) is 3.29. The summed E-state index contributed by atoms with van der Waals surface area (Å²) in [6, 6.07) is 14.0. The summed E-state index contributed by atoms with van der Waals surface area (Å²) in [5, 5.41) is 0. The van der Waals surface area contributed by atoms with Gasteiger partial charge in [0.25, 0.3) is 0 Å². The number of para-hydroxylation sites is 2. The van der Waals surface area contributed by atoms with Crippen molar-refractivity contribution in [2.24, 2.45) is 0 Å². The molecule has 2 aromatic carbocycles. The van der Waals surface area contributed by atoms with Crippen LogP contribution in [0.25, 0.3) is 11.0 Å². The fraction of sp³-hybridized carbons (Fsp3) is 0.391. The lowest BCUT2D eigenvalue weighted by atomic mass is 10.1. The van der Waals surface area contributed by atoms with Gasteiger partial charge in [-0.1, -0.05) is 18.2 Å². The minimum absolute atomic E-state index is 0.0321. The number of fused-ring (bicyclic) bond motifs is 1. The van der Waals surface area contributed by atoms with E-state index < -0.39 is 6.29 Å². The van der Waals surface area contributed by atoms with Crippen LogP contribution in [-0.4, -0.2) is 41.5 Å². The van der Waals surface area contributed by atoms with Crippen LogP contribution < -0.4 is 4.90 Å². The number of benzene rings is 2. The van der Waals surface area contributed by atoms with Crippen molar-refractivity contribution in [2.45, 2.75) is 39.0 Å². The molecule has 1 saturated heterocycles. The Balaban J connectivity index is 1.67. The van der Waals surface area contributed by atoms with Gasteiger partial charge in [-0.3, -0.25) is 4.79 Å². The quantitative estimate of drug-likeness (QED) is 0.524. The molecule has 1 amide bonds. The Labute approximate surface area is 175 Å². The molecule has 158 valence electrons. The summed E-state index contributed by atoms with van der Waals surface area (Å²) in [5.74, 6) is 0.340. The van der Waals surface area contributed by atoms with Gasteiger partial charge in [0.15, 0.2) is 6.29 Å². The van der Waals surface area contributed by atoms with E-state index in [0.29, 0.717) is 38.4 Å². The molecule has 0 aliphatic carbocycles. The number of amides is 1. The molecular weight excluding hydrogens is 385 g/mol. The average molecular weight is 411 g/mol. The SMILES string of the molecule is CCOC(Cn1c(C2CC(=O)N(c3cccc(F)c3)C2)nc2ccccc21)OCC. The molecule has 0 spiro atoms. The fourth-order valence-electron chi connectivity index (χ4n) is 4.05. The highest BCUT2D eigenvalue weighted by Gasteiger charge is 2.35. The maximum atomic E-state index is 13.7. The van der Waals surface area contributed by atoms with Gasteiger partial charge in [-0.15, -0.1) is 0 Å². The lowest BCUT2D eigenvalue weighted by molar-refractivity contribution is -0.143. The van der Waals surface area contributed by atoms with Gasteiger partial charge in [0.2, 0.25) is 5.91 Å². The Hall–Kier alpha value is -2.77. The number of hydrogen-bond donors (Lipinski definition) is 0. The molecule has 7 heteroatoms. The maximum absolute atomic E-state index is 13.7. The molecule has 1 aromatic heterocycles. The predicted molar refractivity (Wildman–Crippen MR) is 113 cm³/mol. The number of ether oxygens (including phenoxy) is 2. The van der Waals surface area contributed by atoms with Crippen LogP contribution in [0.1, 0.15) is 32.0 Å². The second-order valence-electron chi connectivity index (χ2n) is 7.29. The van der Waals surface area contributed by atoms with E-state index in [9.17, 15) is 9.18 Å². The van der Waals surface area contributed by atoms with Crippen LogP contribution in [-0.2, 0) is 20.8 Å². The van der Waals surface area contributed by atoms with Crippen LogP contribution in [0.3, 0.4) is 0 Å². The smallest absolute Gasteiger partial charge is 0.227 e. The van der Waals surface area contributed by atoms with Gasteiger partial charge in [-0.05, 0) is 44.2 Å². The van der Waals surface area contributed by atoms with Crippen molar-refractivity contribution in [1.82, 2.24) is 9.55 Å². The molecule has 1 aliphatic rings. The fourth-order valence-corrected chi connectivity index (χ4v) is 4.05. The van der Waals surface area contributed by atoms with E-state index in [1.54, 1.807) is 17.0 Å². The minimum atomic E-state index is -0.396. The van der Waals surface area contributed by atoms with Crippen molar-refractivity contribution in [3.8, 4) is 0 Å². The molecule has 4 rings (SSSR count). The van der Waals surface area contributed by atoms with Crippen molar-refractivity contribution >= 4 is 22.6 Å². The zero-order valence-electron chi connectivity index (χ0n) is 17.3. The summed E-state index contributed by atoms with van der Waals surface area (Å²) in [6.45, 7) is 5.91. The molecule has 1 atom stereocenters. The van der Waals surface area contributed by atoms with Gasteiger partial charge < -0.3 is 18.9 Å². The monoisotopic (exact) mass is 411 g/mol. The van der Waals surface area contributed by atoms with E-state index in [4.69, 9.17) is 14.5 Å². The number of aromatic nitrogens is 2. The summed E-state index contributed by atoms with van der Waals surface area (Å²) in [6.07, 6.45) is -0.0684. The molecule has 6 nitrogen and oxygen atoms in total. The van der Waals surface area contributed by atoms with E-state index in [2.05, 4.69) is 4.57 Å². The highest BCUT2D eigenvalue weighted by atomic mass is 19.1. The normalized spacial score (nSPS) is 16.9. The van der Waals surface area contributed by atoms with Crippen LogP contribution >= 0.6 is 0 Å². The van der Waals surface area contributed by atoms with Crippen LogP contribution in [0.4, 0.5) is 10.1 Å². The molecule has 1 unspecified atom stereocenters. The number of anilines is 1.